The van der Waals surface area contributed by atoms with E-state index in [1.54, 1.807) is 0 Å². The summed E-state index contributed by atoms with van der Waals surface area (Å²) in [6.45, 7) is 2.32. The molecule has 1 N–H and O–H groups in total. The summed E-state index contributed by atoms with van der Waals surface area (Å²) < 4.78 is 0. The van der Waals surface area contributed by atoms with Crippen LogP contribution in [0.4, 0.5) is 0 Å². The highest BCUT2D eigenvalue weighted by Gasteiger charge is 2.26. The van der Waals surface area contributed by atoms with Crippen LogP contribution in [0.1, 0.15) is 24.5 Å². The molecule has 1 atom stereocenters. The largest absolute Gasteiger partial charge is 0.392 e. The fourth-order valence-corrected chi connectivity index (χ4v) is 2.17. The summed E-state index contributed by atoms with van der Waals surface area (Å²) in [6.07, 6.45) is 9.31. The van der Waals surface area contributed by atoms with E-state index in [-0.39, 0.29) is 12.0 Å². The second-order valence-corrected chi connectivity index (χ2v) is 4.20. The van der Waals surface area contributed by atoms with Crippen LogP contribution in [0.2, 0.25) is 0 Å². The predicted molar refractivity (Wildman–Crippen MR) is 63.7 cm³/mol. The van der Waals surface area contributed by atoms with Gasteiger partial charge in [0.25, 0.3) is 0 Å². The Morgan fingerprint density at radius 3 is 3.00 bits per heavy atom. The van der Waals surface area contributed by atoms with E-state index in [1.807, 2.05) is 6.08 Å². The van der Waals surface area contributed by atoms with E-state index in [1.165, 1.54) is 11.1 Å². The van der Waals surface area contributed by atoms with Gasteiger partial charge < -0.3 is 5.11 Å². The molecular formula is C14H16O. The van der Waals surface area contributed by atoms with Crippen LogP contribution in [0.25, 0.3) is 6.08 Å². The Balaban J connectivity index is 2.45. The Morgan fingerprint density at radius 2 is 2.20 bits per heavy atom. The van der Waals surface area contributed by atoms with Crippen molar-refractivity contribution in [3.63, 3.8) is 0 Å². The van der Waals surface area contributed by atoms with Gasteiger partial charge in [-0.1, -0.05) is 55.5 Å². The van der Waals surface area contributed by atoms with Gasteiger partial charge >= 0.3 is 0 Å². The first-order chi connectivity index (χ1) is 7.26. The number of aliphatic hydroxyl groups excluding tert-OH is 1. The van der Waals surface area contributed by atoms with E-state index in [0.717, 1.165) is 6.42 Å². The number of allylic oxidation sites excluding steroid dienone is 2. The fourth-order valence-electron chi connectivity index (χ4n) is 2.17. The van der Waals surface area contributed by atoms with Crippen molar-refractivity contribution >= 4 is 6.08 Å². The minimum Gasteiger partial charge on any atom is -0.392 e. The summed E-state index contributed by atoms with van der Waals surface area (Å²) in [5.74, 6) is 0. The highest BCUT2D eigenvalue weighted by molar-refractivity contribution is 5.60. The molecule has 0 aliphatic heterocycles. The molecule has 1 nitrogen and oxygen atoms in total. The third-order valence-electron chi connectivity index (χ3n) is 3.01. The van der Waals surface area contributed by atoms with Gasteiger partial charge in [-0.25, -0.2) is 0 Å². The van der Waals surface area contributed by atoms with Crippen molar-refractivity contribution in [2.24, 2.45) is 0 Å². The highest BCUT2D eigenvalue weighted by Crippen LogP contribution is 2.36. The van der Waals surface area contributed by atoms with E-state index in [2.05, 4.69) is 49.4 Å². The lowest BCUT2D eigenvalue weighted by atomic mass is 9.74. The Kier molecular flexibility index (Phi) is 2.74. The smallest absolute Gasteiger partial charge is 0.0612 e. The summed E-state index contributed by atoms with van der Waals surface area (Å²) in [5.41, 5.74) is 2.67. The monoisotopic (exact) mass is 200 g/mol. The molecule has 0 aromatic heterocycles. The summed E-state index contributed by atoms with van der Waals surface area (Å²) in [5, 5.41) is 8.85. The van der Waals surface area contributed by atoms with Gasteiger partial charge in [-0.2, -0.15) is 0 Å². The zero-order valence-electron chi connectivity index (χ0n) is 8.98. The minimum atomic E-state index is 0.0358. The SMILES string of the molecule is CC1(C=CCO)CC=Cc2ccccc21. The zero-order chi connectivity index (χ0) is 10.7. The molecule has 0 saturated heterocycles. The third kappa shape index (κ3) is 1.88. The minimum absolute atomic E-state index is 0.0358. The van der Waals surface area contributed by atoms with Crippen molar-refractivity contribution in [2.75, 3.05) is 6.61 Å². The Labute approximate surface area is 90.8 Å². The van der Waals surface area contributed by atoms with Crippen LogP contribution in [0, 0.1) is 0 Å². The van der Waals surface area contributed by atoms with Crippen LogP contribution in [0.3, 0.4) is 0 Å². The van der Waals surface area contributed by atoms with Crippen molar-refractivity contribution in [3.05, 3.63) is 53.6 Å². The quantitative estimate of drug-likeness (QED) is 0.728. The lowest BCUT2D eigenvalue weighted by Gasteiger charge is -2.30. The van der Waals surface area contributed by atoms with E-state index in [4.69, 9.17) is 5.11 Å². The first kappa shape index (κ1) is 10.2. The molecular weight excluding hydrogens is 184 g/mol. The van der Waals surface area contributed by atoms with Gasteiger partial charge in [0, 0.05) is 5.41 Å². The standard InChI is InChI=1S/C14H16O/c1-14(10-5-11-15)9-4-7-12-6-2-3-8-13(12)14/h2-8,10,15H,9,11H2,1H3. The van der Waals surface area contributed by atoms with Gasteiger partial charge in [0.1, 0.15) is 0 Å². The van der Waals surface area contributed by atoms with E-state index >= 15 is 0 Å². The molecule has 2 rings (SSSR count). The molecule has 15 heavy (non-hydrogen) atoms. The zero-order valence-corrected chi connectivity index (χ0v) is 8.98. The first-order valence-corrected chi connectivity index (χ1v) is 5.31. The van der Waals surface area contributed by atoms with E-state index in [9.17, 15) is 0 Å². The van der Waals surface area contributed by atoms with Crippen molar-refractivity contribution in [3.8, 4) is 0 Å². The van der Waals surface area contributed by atoms with Gasteiger partial charge in [0.05, 0.1) is 6.61 Å². The molecule has 0 radical (unpaired) electrons. The van der Waals surface area contributed by atoms with Crippen LogP contribution in [-0.2, 0) is 5.41 Å². The molecule has 1 unspecified atom stereocenters. The number of aliphatic hydroxyl groups is 1. The van der Waals surface area contributed by atoms with Crippen LogP contribution in [-0.4, -0.2) is 11.7 Å². The average Bonchev–Trinajstić information content (AvgIpc) is 2.27. The van der Waals surface area contributed by atoms with Gasteiger partial charge in [0.15, 0.2) is 0 Å². The first-order valence-electron chi connectivity index (χ1n) is 5.31. The van der Waals surface area contributed by atoms with Gasteiger partial charge in [-0.15, -0.1) is 0 Å². The summed E-state index contributed by atoms with van der Waals surface area (Å²) in [4.78, 5) is 0. The van der Waals surface area contributed by atoms with Crippen LogP contribution >= 0.6 is 0 Å². The summed E-state index contributed by atoms with van der Waals surface area (Å²) >= 11 is 0. The van der Waals surface area contributed by atoms with Crippen LogP contribution < -0.4 is 0 Å². The molecule has 1 aromatic rings. The molecule has 0 saturated carbocycles. The second kappa shape index (κ2) is 4.03. The van der Waals surface area contributed by atoms with Crippen molar-refractivity contribution in [1.29, 1.82) is 0 Å². The Morgan fingerprint density at radius 1 is 1.40 bits per heavy atom. The molecule has 1 aliphatic carbocycles. The number of hydrogen-bond acceptors (Lipinski definition) is 1. The molecule has 0 bridgehead atoms. The number of rotatable bonds is 2. The summed E-state index contributed by atoms with van der Waals surface area (Å²) in [6, 6.07) is 8.43. The molecule has 1 aliphatic rings. The maximum atomic E-state index is 8.85. The normalized spacial score (nSPS) is 24.4. The highest BCUT2D eigenvalue weighted by atomic mass is 16.2. The summed E-state index contributed by atoms with van der Waals surface area (Å²) in [7, 11) is 0. The molecule has 1 aromatic carbocycles. The van der Waals surface area contributed by atoms with E-state index < -0.39 is 0 Å². The second-order valence-electron chi connectivity index (χ2n) is 4.20. The molecule has 0 spiro atoms. The van der Waals surface area contributed by atoms with Crippen LogP contribution in [0.5, 0.6) is 0 Å². The molecule has 0 amide bonds. The van der Waals surface area contributed by atoms with Crippen LogP contribution in [0.15, 0.2) is 42.5 Å². The van der Waals surface area contributed by atoms with Crippen molar-refractivity contribution < 1.29 is 5.11 Å². The molecule has 78 valence electrons. The fraction of sp³-hybridized carbons (Fsp3) is 0.286. The number of benzene rings is 1. The molecule has 0 fully saturated rings. The average molecular weight is 200 g/mol. The van der Waals surface area contributed by atoms with Gasteiger partial charge in [-0.3, -0.25) is 0 Å². The predicted octanol–water partition coefficient (Wildman–Crippen LogP) is 2.91. The maximum Gasteiger partial charge on any atom is 0.0612 e. The lowest BCUT2D eigenvalue weighted by molar-refractivity contribution is 0.341. The lowest BCUT2D eigenvalue weighted by Crippen LogP contribution is -2.21. The number of hydrogen-bond donors (Lipinski definition) is 1. The number of fused-ring (bicyclic) bond motifs is 1. The van der Waals surface area contributed by atoms with Gasteiger partial charge in [0.2, 0.25) is 0 Å². The topological polar surface area (TPSA) is 20.2 Å². The van der Waals surface area contributed by atoms with E-state index in [0.29, 0.717) is 0 Å². The molecule has 1 heteroatoms. The van der Waals surface area contributed by atoms with Crippen molar-refractivity contribution in [1.82, 2.24) is 0 Å². The van der Waals surface area contributed by atoms with Gasteiger partial charge in [-0.05, 0) is 17.5 Å². The Hall–Kier alpha value is -1.34. The maximum absolute atomic E-state index is 8.85. The Bertz CT molecular complexity index is 404. The third-order valence-corrected chi connectivity index (χ3v) is 3.01. The molecule has 0 heterocycles. The van der Waals surface area contributed by atoms with Crippen molar-refractivity contribution in [2.45, 2.75) is 18.8 Å².